The van der Waals surface area contributed by atoms with Gasteiger partial charge >= 0.3 is 0 Å². The summed E-state index contributed by atoms with van der Waals surface area (Å²) in [5.41, 5.74) is 0. The molecule has 0 aromatic carbocycles. The first-order chi connectivity index (χ1) is 48.3. The number of aliphatic hydroxyl groups is 11. The van der Waals surface area contributed by atoms with E-state index in [0.717, 1.165) is 51.4 Å². The Bertz CT molecular complexity index is 2020. The molecule has 3 saturated heterocycles. The number of nitrogens with one attached hydrogen (secondary N) is 1. The normalized spacial score (nSPS) is 26.9. The molecule has 3 aliphatic rings. The molecule has 0 aromatic heterocycles. The van der Waals surface area contributed by atoms with Crippen LogP contribution in [0.3, 0.4) is 0 Å². The summed E-state index contributed by atoms with van der Waals surface area (Å²) in [6.45, 7) is 1.72. The number of carbonyl (C=O) groups excluding carboxylic acids is 1. The molecule has 19 nitrogen and oxygen atoms in total. The number of amides is 1. The average Bonchev–Trinajstić information content (AvgIpc) is 0.784. The highest BCUT2D eigenvalue weighted by Gasteiger charge is 2.54. The van der Waals surface area contributed by atoms with Crippen LogP contribution >= 0.6 is 0 Å². The Morgan fingerprint density at radius 3 is 1.07 bits per heavy atom. The van der Waals surface area contributed by atoms with E-state index in [1.807, 2.05) is 6.08 Å². The number of hydrogen-bond donors (Lipinski definition) is 12. The number of carbonyl (C=O) groups is 1. The van der Waals surface area contributed by atoms with Crippen LogP contribution in [0.1, 0.15) is 309 Å². The maximum Gasteiger partial charge on any atom is 0.220 e. The molecule has 17 atom stereocenters. The number of hydrogen-bond acceptors (Lipinski definition) is 18. The summed E-state index contributed by atoms with van der Waals surface area (Å²) in [7, 11) is 0. The van der Waals surface area contributed by atoms with Crippen molar-refractivity contribution in [3.05, 3.63) is 60.8 Å². The molecule has 0 spiro atoms. The smallest absolute Gasteiger partial charge is 0.220 e. The lowest BCUT2D eigenvalue weighted by Gasteiger charge is -2.48. The molecule has 3 rings (SSSR count). The molecule has 12 N–H and O–H groups in total. The van der Waals surface area contributed by atoms with Gasteiger partial charge in [0.25, 0.3) is 0 Å². The van der Waals surface area contributed by atoms with E-state index in [4.69, 9.17) is 28.4 Å². The zero-order valence-electron chi connectivity index (χ0n) is 61.7. The number of aliphatic hydroxyl groups excluding tert-OH is 11. The molecular formula is C80H145NO18. The van der Waals surface area contributed by atoms with Crippen molar-refractivity contribution in [2.45, 2.75) is 413 Å². The van der Waals surface area contributed by atoms with Gasteiger partial charge in [0.1, 0.15) is 73.2 Å². The van der Waals surface area contributed by atoms with Crippen LogP contribution < -0.4 is 5.32 Å². The largest absolute Gasteiger partial charge is 0.394 e. The summed E-state index contributed by atoms with van der Waals surface area (Å²) in [6, 6.07) is -0.997. The molecule has 3 heterocycles. The molecule has 578 valence electrons. The highest BCUT2D eigenvalue weighted by atomic mass is 16.8. The fourth-order valence-electron chi connectivity index (χ4n) is 13.3. The van der Waals surface area contributed by atoms with Crippen LogP contribution in [-0.4, -0.2) is 193 Å². The molecule has 0 saturated carbocycles. The zero-order chi connectivity index (χ0) is 71.8. The van der Waals surface area contributed by atoms with Crippen molar-refractivity contribution < 1.29 is 89.4 Å². The molecule has 1 amide bonds. The van der Waals surface area contributed by atoms with Crippen molar-refractivity contribution in [2.24, 2.45) is 0 Å². The van der Waals surface area contributed by atoms with Crippen LogP contribution in [0.4, 0.5) is 0 Å². The Hall–Kier alpha value is -2.51. The van der Waals surface area contributed by atoms with Crippen molar-refractivity contribution in [3.8, 4) is 0 Å². The van der Waals surface area contributed by atoms with Crippen molar-refractivity contribution in [2.75, 3.05) is 26.4 Å². The Labute approximate surface area is 598 Å². The average molecular weight is 1410 g/mol. The van der Waals surface area contributed by atoms with Gasteiger partial charge in [0.05, 0.1) is 38.6 Å². The molecule has 19 heteroatoms. The van der Waals surface area contributed by atoms with Gasteiger partial charge in [-0.05, 0) is 77.0 Å². The summed E-state index contributed by atoms with van der Waals surface area (Å²) in [5.74, 6) is -0.285. The third kappa shape index (κ3) is 41.1. The van der Waals surface area contributed by atoms with Gasteiger partial charge in [-0.1, -0.05) is 286 Å². The highest BCUT2D eigenvalue weighted by Crippen LogP contribution is 2.33. The maximum absolute atomic E-state index is 13.5. The summed E-state index contributed by atoms with van der Waals surface area (Å²) in [4.78, 5) is 13.5. The second kappa shape index (κ2) is 60.7. The fraction of sp³-hybridized carbons (Fsp3) is 0.863. The maximum atomic E-state index is 13.5. The monoisotopic (exact) mass is 1410 g/mol. The standard InChI is InChI=1S/C80H145NO18/c1-3-5-7-9-11-13-15-17-19-21-23-24-25-26-27-28-29-30-31-32-33-34-35-36-37-38-40-42-44-46-48-50-52-54-56-58-68(86)81-63(64(85)57-55-53-51-49-47-45-43-41-39-22-20-18-16-14-12-10-8-6-4-2)62-94-78-74(92)71(89)76(66(60-83)96-78)99-80-75(93)72(90)77(67(61-84)97-80)98-79-73(91)70(88)69(87)65(59-82)95-79/h15,17,21,23,39,41,47,49,55,57,63-67,69-80,82-85,87-93H,3-14,16,18-20,22,24-38,40,42-46,48,50-54,56,58-62H2,1-2H3,(H,81,86)/b17-15-,23-21-,41-39+,49-47+,57-55+. The number of rotatable bonds is 63. The van der Waals surface area contributed by atoms with Gasteiger partial charge in [0.15, 0.2) is 18.9 Å². The Morgan fingerprint density at radius 2 is 0.677 bits per heavy atom. The highest BCUT2D eigenvalue weighted by molar-refractivity contribution is 5.76. The number of allylic oxidation sites excluding steroid dienone is 9. The lowest BCUT2D eigenvalue weighted by Crippen LogP contribution is -2.66. The van der Waals surface area contributed by atoms with E-state index in [-0.39, 0.29) is 18.9 Å². The van der Waals surface area contributed by atoms with Crippen LogP contribution in [0.25, 0.3) is 0 Å². The van der Waals surface area contributed by atoms with E-state index in [1.165, 1.54) is 225 Å². The molecule has 0 aliphatic carbocycles. The quantitative estimate of drug-likeness (QED) is 0.0199. The molecular weight excluding hydrogens is 1260 g/mol. The van der Waals surface area contributed by atoms with Crippen LogP contribution in [0.15, 0.2) is 60.8 Å². The second-order valence-corrected chi connectivity index (χ2v) is 28.5. The SMILES string of the molecule is CCCCCCC/C=C\C/C=C\CCCCCCCCCCCCCCCCCCCCCCCCCC(=O)NC(COC1OC(CO)C(OC2OC(CO)C(OC3OC(CO)C(O)C(O)C3O)C(O)C2O)C(O)C1O)C(O)/C=C/CC/C=C/CC/C=C/CCCCCCCCCCC. The molecule has 99 heavy (non-hydrogen) atoms. The van der Waals surface area contributed by atoms with Crippen molar-refractivity contribution >= 4 is 5.91 Å². The lowest BCUT2D eigenvalue weighted by atomic mass is 9.96. The van der Waals surface area contributed by atoms with Gasteiger partial charge in [-0.25, -0.2) is 0 Å². The third-order valence-corrected chi connectivity index (χ3v) is 19.8. The van der Waals surface area contributed by atoms with E-state index < -0.39 is 124 Å². The van der Waals surface area contributed by atoms with Crippen molar-refractivity contribution in [3.63, 3.8) is 0 Å². The fourth-order valence-corrected chi connectivity index (χ4v) is 13.3. The molecule has 3 fully saturated rings. The number of unbranched alkanes of at least 4 members (excludes halogenated alkanes) is 39. The van der Waals surface area contributed by atoms with Gasteiger partial charge in [0.2, 0.25) is 5.91 Å². The first-order valence-corrected chi connectivity index (χ1v) is 40.0. The summed E-state index contributed by atoms with van der Waals surface area (Å²) in [6.07, 6.45) is 50.8. The van der Waals surface area contributed by atoms with Gasteiger partial charge < -0.3 is 89.9 Å². The first-order valence-electron chi connectivity index (χ1n) is 40.0. The minimum Gasteiger partial charge on any atom is -0.394 e. The lowest BCUT2D eigenvalue weighted by molar-refractivity contribution is -0.379. The van der Waals surface area contributed by atoms with E-state index in [0.29, 0.717) is 12.8 Å². The first kappa shape index (κ1) is 90.7. The Balaban J connectivity index is 1.35. The van der Waals surface area contributed by atoms with E-state index in [1.54, 1.807) is 6.08 Å². The van der Waals surface area contributed by atoms with Crippen molar-refractivity contribution in [1.29, 1.82) is 0 Å². The number of ether oxygens (including phenoxy) is 6. The Kier molecular flexibility index (Phi) is 55.6. The van der Waals surface area contributed by atoms with Gasteiger partial charge in [-0.15, -0.1) is 0 Å². The molecule has 0 aromatic rings. The topological polar surface area (TPSA) is 307 Å². The molecule has 0 bridgehead atoms. The second-order valence-electron chi connectivity index (χ2n) is 28.5. The van der Waals surface area contributed by atoms with Crippen LogP contribution in [0.2, 0.25) is 0 Å². The third-order valence-electron chi connectivity index (χ3n) is 19.8. The Morgan fingerprint density at radius 1 is 0.364 bits per heavy atom. The van der Waals surface area contributed by atoms with Crippen LogP contribution in [0, 0.1) is 0 Å². The van der Waals surface area contributed by atoms with E-state index in [2.05, 4.69) is 67.8 Å². The summed E-state index contributed by atoms with van der Waals surface area (Å²) in [5, 5.41) is 121. The van der Waals surface area contributed by atoms with Gasteiger partial charge in [-0.2, -0.15) is 0 Å². The van der Waals surface area contributed by atoms with Crippen molar-refractivity contribution in [1.82, 2.24) is 5.32 Å². The zero-order valence-corrected chi connectivity index (χ0v) is 61.7. The predicted molar refractivity (Wildman–Crippen MR) is 392 cm³/mol. The molecule has 17 unspecified atom stereocenters. The van der Waals surface area contributed by atoms with E-state index >= 15 is 0 Å². The predicted octanol–water partition coefficient (Wildman–Crippen LogP) is 13.1. The molecule has 0 radical (unpaired) electrons. The van der Waals surface area contributed by atoms with Crippen LogP contribution in [-0.2, 0) is 33.2 Å². The van der Waals surface area contributed by atoms with E-state index in [9.17, 15) is 61.0 Å². The van der Waals surface area contributed by atoms with Gasteiger partial charge in [-0.3, -0.25) is 4.79 Å². The van der Waals surface area contributed by atoms with Gasteiger partial charge in [0, 0.05) is 6.42 Å². The summed E-state index contributed by atoms with van der Waals surface area (Å²) >= 11 is 0. The summed E-state index contributed by atoms with van der Waals surface area (Å²) < 4.78 is 34.4. The minimum atomic E-state index is -1.98. The van der Waals surface area contributed by atoms with Crippen LogP contribution in [0.5, 0.6) is 0 Å². The minimum absolute atomic E-state index is 0.234. The molecule has 3 aliphatic heterocycles.